The lowest BCUT2D eigenvalue weighted by Gasteiger charge is -2.22. The average Bonchev–Trinajstić information content (AvgIpc) is 2.91. The zero-order valence-corrected chi connectivity index (χ0v) is 17.3. The number of alkyl halides is 6. The molecule has 2 atom stereocenters. The standard InChI is InChI=1S/C18H12BrClF6N2O2/c1-8-15(9-2-11(17(21,22)23)5-12(3-9)18(24,25)26)30-16(29)28(8)7-10-4-14(20)27-6-13(10)19/h2-6,8,15H,7H2,1H3. The van der Waals surface area contributed by atoms with Crippen molar-refractivity contribution in [1.29, 1.82) is 0 Å². The third-order valence-corrected chi connectivity index (χ3v) is 5.49. The molecule has 1 aliphatic heterocycles. The number of carbonyl (C=O) groups is 1. The molecule has 4 nitrogen and oxygen atoms in total. The van der Waals surface area contributed by atoms with Gasteiger partial charge in [-0.05, 0) is 58.2 Å². The van der Waals surface area contributed by atoms with Crippen molar-refractivity contribution in [2.45, 2.75) is 38.0 Å². The number of carbonyl (C=O) groups excluding carboxylic acids is 1. The third-order valence-electron chi connectivity index (χ3n) is 4.57. The monoisotopic (exact) mass is 516 g/mol. The second kappa shape index (κ2) is 7.92. The molecule has 1 fully saturated rings. The van der Waals surface area contributed by atoms with Gasteiger partial charge >= 0.3 is 18.4 Å². The summed E-state index contributed by atoms with van der Waals surface area (Å²) < 4.78 is 84.5. The summed E-state index contributed by atoms with van der Waals surface area (Å²) in [5.41, 5.74) is -2.80. The topological polar surface area (TPSA) is 42.4 Å². The molecular formula is C18H12BrClF6N2O2. The van der Waals surface area contributed by atoms with Crippen molar-refractivity contribution in [2.75, 3.05) is 0 Å². The predicted molar refractivity (Wildman–Crippen MR) is 97.6 cm³/mol. The van der Waals surface area contributed by atoms with Gasteiger partial charge in [-0.3, -0.25) is 4.90 Å². The molecular weight excluding hydrogens is 506 g/mol. The van der Waals surface area contributed by atoms with Gasteiger partial charge in [0, 0.05) is 10.7 Å². The minimum Gasteiger partial charge on any atom is -0.439 e. The van der Waals surface area contributed by atoms with E-state index in [1.54, 1.807) is 0 Å². The van der Waals surface area contributed by atoms with E-state index in [0.717, 1.165) is 0 Å². The SMILES string of the molecule is CC1C(c2cc(C(F)(F)F)cc(C(F)(F)F)c2)OC(=O)N1Cc1cc(Cl)ncc1Br. The van der Waals surface area contributed by atoms with Crippen LogP contribution in [-0.2, 0) is 23.6 Å². The summed E-state index contributed by atoms with van der Waals surface area (Å²) in [4.78, 5) is 17.4. The van der Waals surface area contributed by atoms with Gasteiger partial charge < -0.3 is 4.74 Å². The predicted octanol–water partition coefficient (Wildman–Crippen LogP) is 6.62. The van der Waals surface area contributed by atoms with Crippen LogP contribution in [0.4, 0.5) is 31.1 Å². The smallest absolute Gasteiger partial charge is 0.416 e. The highest BCUT2D eigenvalue weighted by Crippen LogP contribution is 2.41. The van der Waals surface area contributed by atoms with Crippen molar-refractivity contribution < 1.29 is 35.9 Å². The zero-order chi connectivity index (χ0) is 22.4. The second-order valence-corrected chi connectivity index (χ2v) is 7.85. The minimum absolute atomic E-state index is 0.0266. The maximum absolute atomic E-state index is 13.1. The van der Waals surface area contributed by atoms with Crippen LogP contribution in [0.1, 0.15) is 35.3 Å². The Morgan fingerprint density at radius 1 is 1.10 bits per heavy atom. The van der Waals surface area contributed by atoms with Crippen LogP contribution in [0.15, 0.2) is 34.9 Å². The van der Waals surface area contributed by atoms with Crippen LogP contribution in [0.5, 0.6) is 0 Å². The third kappa shape index (κ3) is 4.66. The number of nitrogens with zero attached hydrogens (tertiary/aromatic N) is 2. The summed E-state index contributed by atoms with van der Waals surface area (Å²) in [5.74, 6) is 0. The summed E-state index contributed by atoms with van der Waals surface area (Å²) >= 11 is 9.09. The van der Waals surface area contributed by atoms with Crippen molar-refractivity contribution >= 4 is 33.6 Å². The Hall–Kier alpha value is -2.01. The first-order chi connectivity index (χ1) is 13.8. The first-order valence-corrected chi connectivity index (χ1v) is 9.51. The molecule has 2 heterocycles. The van der Waals surface area contributed by atoms with Crippen molar-refractivity contribution in [3.8, 4) is 0 Å². The molecule has 162 valence electrons. The van der Waals surface area contributed by atoms with E-state index in [9.17, 15) is 31.1 Å². The highest BCUT2D eigenvalue weighted by atomic mass is 79.9. The Bertz CT molecular complexity index is 950. The van der Waals surface area contributed by atoms with Gasteiger partial charge in [-0.15, -0.1) is 0 Å². The Morgan fingerprint density at radius 3 is 2.20 bits per heavy atom. The maximum Gasteiger partial charge on any atom is 0.416 e. The number of ether oxygens (including phenoxy) is 1. The maximum atomic E-state index is 13.1. The highest BCUT2D eigenvalue weighted by Gasteiger charge is 2.43. The summed E-state index contributed by atoms with van der Waals surface area (Å²) in [6.45, 7) is 1.43. The first-order valence-electron chi connectivity index (χ1n) is 8.34. The molecule has 0 saturated carbocycles. The molecule has 0 aliphatic carbocycles. The van der Waals surface area contributed by atoms with E-state index in [1.165, 1.54) is 24.1 Å². The summed E-state index contributed by atoms with van der Waals surface area (Å²) in [7, 11) is 0. The zero-order valence-electron chi connectivity index (χ0n) is 15.0. The van der Waals surface area contributed by atoms with E-state index in [0.29, 0.717) is 22.2 Å². The highest BCUT2D eigenvalue weighted by molar-refractivity contribution is 9.10. The molecule has 1 aliphatic rings. The van der Waals surface area contributed by atoms with Crippen LogP contribution >= 0.6 is 27.5 Å². The normalized spacial score (nSPS) is 19.9. The van der Waals surface area contributed by atoms with Crippen molar-refractivity contribution in [1.82, 2.24) is 9.88 Å². The number of cyclic esters (lactones) is 1. The first kappa shape index (κ1) is 22.7. The van der Waals surface area contributed by atoms with E-state index in [1.807, 2.05) is 0 Å². The number of rotatable bonds is 3. The number of hydrogen-bond acceptors (Lipinski definition) is 3. The van der Waals surface area contributed by atoms with Crippen LogP contribution in [0.2, 0.25) is 5.15 Å². The van der Waals surface area contributed by atoms with Gasteiger partial charge in [0.05, 0.1) is 23.7 Å². The molecule has 0 N–H and O–H groups in total. The Labute approximate surface area is 179 Å². The van der Waals surface area contributed by atoms with Crippen LogP contribution in [-0.4, -0.2) is 22.0 Å². The molecule has 1 saturated heterocycles. The quantitative estimate of drug-likeness (QED) is 0.340. The van der Waals surface area contributed by atoms with Crippen LogP contribution < -0.4 is 0 Å². The molecule has 2 aromatic rings. The fraction of sp³-hybridized carbons (Fsp3) is 0.333. The van der Waals surface area contributed by atoms with Crippen LogP contribution in [0.25, 0.3) is 0 Å². The molecule has 0 bridgehead atoms. The van der Waals surface area contributed by atoms with E-state index in [4.69, 9.17) is 16.3 Å². The summed E-state index contributed by atoms with van der Waals surface area (Å²) in [5, 5.41) is 0.151. The Balaban J connectivity index is 1.97. The molecule has 1 amide bonds. The lowest BCUT2D eigenvalue weighted by atomic mass is 9.97. The number of amides is 1. The Morgan fingerprint density at radius 2 is 1.67 bits per heavy atom. The number of halogens is 8. The van der Waals surface area contributed by atoms with Gasteiger partial charge in [0.1, 0.15) is 11.3 Å². The fourth-order valence-electron chi connectivity index (χ4n) is 3.06. The fourth-order valence-corrected chi connectivity index (χ4v) is 3.58. The summed E-state index contributed by atoms with van der Waals surface area (Å²) in [6, 6.07) is 1.78. The largest absolute Gasteiger partial charge is 0.439 e. The van der Waals surface area contributed by atoms with E-state index in [2.05, 4.69) is 20.9 Å². The van der Waals surface area contributed by atoms with Crippen molar-refractivity contribution in [2.24, 2.45) is 0 Å². The molecule has 2 unspecified atom stereocenters. The lowest BCUT2D eigenvalue weighted by Crippen LogP contribution is -2.31. The molecule has 1 aromatic heterocycles. The van der Waals surface area contributed by atoms with Gasteiger partial charge in [-0.2, -0.15) is 26.3 Å². The second-order valence-electron chi connectivity index (χ2n) is 6.61. The Kier molecular flexibility index (Phi) is 5.98. The van der Waals surface area contributed by atoms with Gasteiger partial charge in [-0.25, -0.2) is 9.78 Å². The lowest BCUT2D eigenvalue weighted by molar-refractivity contribution is -0.143. The van der Waals surface area contributed by atoms with Crippen LogP contribution in [0.3, 0.4) is 0 Å². The van der Waals surface area contributed by atoms with Gasteiger partial charge in [0.25, 0.3) is 0 Å². The molecule has 3 rings (SSSR count). The molecule has 30 heavy (non-hydrogen) atoms. The van der Waals surface area contributed by atoms with E-state index < -0.39 is 47.3 Å². The number of hydrogen-bond donors (Lipinski definition) is 0. The molecule has 12 heteroatoms. The van der Waals surface area contributed by atoms with Gasteiger partial charge in [0.15, 0.2) is 0 Å². The molecule has 1 aromatic carbocycles. The van der Waals surface area contributed by atoms with Crippen molar-refractivity contribution in [3.63, 3.8) is 0 Å². The molecule has 0 spiro atoms. The number of pyridine rings is 1. The summed E-state index contributed by atoms with van der Waals surface area (Å²) in [6.07, 6.45) is -10.8. The van der Waals surface area contributed by atoms with Crippen molar-refractivity contribution in [3.05, 3.63) is 62.3 Å². The minimum atomic E-state index is -5.00. The van der Waals surface area contributed by atoms with E-state index in [-0.39, 0.29) is 17.8 Å². The van der Waals surface area contributed by atoms with Gasteiger partial charge in [-0.1, -0.05) is 11.6 Å². The van der Waals surface area contributed by atoms with E-state index >= 15 is 0 Å². The molecule has 0 radical (unpaired) electrons. The van der Waals surface area contributed by atoms with Crippen LogP contribution in [0, 0.1) is 0 Å². The van der Waals surface area contributed by atoms with Gasteiger partial charge in [0.2, 0.25) is 0 Å². The average molecular weight is 518 g/mol. The number of aromatic nitrogens is 1. The number of benzene rings is 1.